The molecule has 0 aromatic heterocycles. The molecule has 1 aromatic carbocycles. The summed E-state index contributed by atoms with van der Waals surface area (Å²) < 4.78 is 32.2. The summed E-state index contributed by atoms with van der Waals surface area (Å²) in [5.41, 5.74) is 0. The van der Waals surface area contributed by atoms with Crippen molar-refractivity contribution in [3.8, 4) is 5.75 Å². The molecular formula is C13H16BrNO4S. The van der Waals surface area contributed by atoms with Crippen LogP contribution < -0.4 is 4.74 Å². The van der Waals surface area contributed by atoms with Crippen molar-refractivity contribution in [2.45, 2.75) is 30.2 Å². The normalized spacial score (nSPS) is 20.6. The Morgan fingerprint density at radius 3 is 2.75 bits per heavy atom. The zero-order valence-electron chi connectivity index (χ0n) is 11.1. The summed E-state index contributed by atoms with van der Waals surface area (Å²) in [6, 6.07) is 4.03. The molecule has 1 saturated heterocycles. The Morgan fingerprint density at radius 1 is 1.40 bits per heavy atom. The van der Waals surface area contributed by atoms with Crippen molar-refractivity contribution >= 4 is 32.2 Å². The van der Waals surface area contributed by atoms with Gasteiger partial charge < -0.3 is 9.53 Å². The number of sulfonamides is 1. The Kier molecular flexibility index (Phi) is 4.82. The van der Waals surface area contributed by atoms with Crippen molar-refractivity contribution in [3.05, 3.63) is 22.7 Å². The van der Waals surface area contributed by atoms with Crippen molar-refractivity contribution in [1.82, 2.24) is 4.31 Å². The first-order chi connectivity index (χ1) is 9.50. The highest BCUT2D eigenvalue weighted by Gasteiger charge is 2.33. The van der Waals surface area contributed by atoms with Crippen LogP contribution in [0.4, 0.5) is 0 Å². The van der Waals surface area contributed by atoms with Gasteiger partial charge in [0.15, 0.2) is 0 Å². The number of benzene rings is 1. The molecule has 0 aliphatic carbocycles. The first kappa shape index (κ1) is 15.5. The highest BCUT2D eigenvalue weighted by Crippen LogP contribution is 2.30. The van der Waals surface area contributed by atoms with Gasteiger partial charge in [-0.1, -0.05) is 6.42 Å². The third kappa shape index (κ3) is 2.89. The monoisotopic (exact) mass is 361 g/mol. The fourth-order valence-corrected chi connectivity index (χ4v) is 4.66. The van der Waals surface area contributed by atoms with E-state index in [1.807, 2.05) is 0 Å². The zero-order valence-corrected chi connectivity index (χ0v) is 13.5. The second-order valence-corrected chi connectivity index (χ2v) is 7.36. The summed E-state index contributed by atoms with van der Waals surface area (Å²) in [7, 11) is -2.14. The fourth-order valence-electron chi connectivity index (χ4n) is 2.31. The van der Waals surface area contributed by atoms with Crippen LogP contribution in [0.5, 0.6) is 5.75 Å². The van der Waals surface area contributed by atoms with E-state index in [2.05, 4.69) is 15.9 Å². The van der Waals surface area contributed by atoms with Crippen LogP contribution in [0, 0.1) is 0 Å². The quantitative estimate of drug-likeness (QED) is 0.771. The second kappa shape index (κ2) is 6.24. The van der Waals surface area contributed by atoms with Crippen molar-refractivity contribution in [2.75, 3.05) is 13.7 Å². The number of halogens is 1. The van der Waals surface area contributed by atoms with E-state index < -0.39 is 16.1 Å². The summed E-state index contributed by atoms with van der Waals surface area (Å²) in [6.07, 6.45) is 2.96. The van der Waals surface area contributed by atoms with Crippen LogP contribution in [0.2, 0.25) is 0 Å². The number of hydrogen-bond donors (Lipinski definition) is 0. The van der Waals surface area contributed by atoms with Crippen LogP contribution in [0.15, 0.2) is 27.6 Å². The van der Waals surface area contributed by atoms with Gasteiger partial charge in [0.1, 0.15) is 12.0 Å². The van der Waals surface area contributed by atoms with Gasteiger partial charge in [0.05, 0.1) is 22.5 Å². The molecule has 110 valence electrons. The number of ether oxygens (including phenoxy) is 1. The lowest BCUT2D eigenvalue weighted by Crippen LogP contribution is -2.44. The Balaban J connectivity index is 2.38. The Morgan fingerprint density at radius 2 is 2.15 bits per heavy atom. The van der Waals surface area contributed by atoms with Gasteiger partial charge in [-0.05, 0) is 47.0 Å². The summed E-state index contributed by atoms with van der Waals surface area (Å²) in [5.74, 6) is 0.564. The maximum absolute atomic E-state index is 12.6. The maximum atomic E-state index is 12.6. The molecule has 0 bridgehead atoms. The number of methoxy groups -OCH3 is 1. The van der Waals surface area contributed by atoms with Crippen molar-refractivity contribution in [1.29, 1.82) is 0 Å². The van der Waals surface area contributed by atoms with Crippen molar-refractivity contribution in [2.24, 2.45) is 0 Å². The average molecular weight is 362 g/mol. The molecular weight excluding hydrogens is 346 g/mol. The molecule has 0 radical (unpaired) electrons. The number of rotatable bonds is 4. The third-order valence-electron chi connectivity index (χ3n) is 3.39. The molecule has 0 spiro atoms. The standard InChI is InChI=1S/C13H16BrNO4S/c1-19-13-6-5-11(8-12(13)14)20(17,18)15-7-3-2-4-10(15)9-16/h5-6,8-10H,2-4,7H2,1H3. The minimum atomic E-state index is -3.65. The van der Waals surface area contributed by atoms with Gasteiger partial charge in [-0.15, -0.1) is 0 Å². The molecule has 1 atom stereocenters. The van der Waals surface area contributed by atoms with Crippen LogP contribution in [0.3, 0.4) is 0 Å². The fraction of sp³-hybridized carbons (Fsp3) is 0.462. The minimum absolute atomic E-state index is 0.166. The molecule has 1 aliphatic rings. The Hall–Kier alpha value is -0.920. The van der Waals surface area contributed by atoms with Crippen LogP contribution in [0.25, 0.3) is 0 Å². The lowest BCUT2D eigenvalue weighted by molar-refractivity contribution is -0.111. The Labute approximate surface area is 127 Å². The van der Waals surface area contributed by atoms with E-state index in [0.717, 1.165) is 19.1 Å². The predicted octanol–water partition coefficient (Wildman–Crippen LogP) is 2.20. The van der Waals surface area contributed by atoms with Gasteiger partial charge in [0.2, 0.25) is 10.0 Å². The number of carbonyl (C=O) groups is 1. The van der Waals surface area contributed by atoms with Gasteiger partial charge in [-0.3, -0.25) is 0 Å². The SMILES string of the molecule is COc1ccc(S(=O)(=O)N2CCCCC2C=O)cc1Br. The summed E-state index contributed by atoms with van der Waals surface area (Å²) >= 11 is 3.28. The van der Waals surface area contributed by atoms with Crippen LogP contribution in [-0.4, -0.2) is 38.7 Å². The lowest BCUT2D eigenvalue weighted by atomic mass is 10.1. The molecule has 7 heteroatoms. The van der Waals surface area contributed by atoms with Crippen LogP contribution in [0.1, 0.15) is 19.3 Å². The van der Waals surface area contributed by atoms with E-state index >= 15 is 0 Å². The molecule has 1 unspecified atom stereocenters. The molecule has 1 aliphatic heterocycles. The first-order valence-electron chi connectivity index (χ1n) is 6.31. The van der Waals surface area contributed by atoms with Gasteiger partial charge >= 0.3 is 0 Å². The molecule has 20 heavy (non-hydrogen) atoms. The summed E-state index contributed by atoms with van der Waals surface area (Å²) in [6.45, 7) is 0.384. The van der Waals surface area contributed by atoms with Crippen LogP contribution >= 0.6 is 15.9 Å². The summed E-state index contributed by atoms with van der Waals surface area (Å²) in [4.78, 5) is 11.2. The number of carbonyl (C=O) groups excluding carboxylic acids is 1. The molecule has 1 fully saturated rings. The third-order valence-corrected chi connectivity index (χ3v) is 5.93. The van der Waals surface area contributed by atoms with E-state index in [-0.39, 0.29) is 4.90 Å². The second-order valence-electron chi connectivity index (χ2n) is 4.61. The van der Waals surface area contributed by atoms with E-state index in [4.69, 9.17) is 4.74 Å². The number of hydrogen-bond acceptors (Lipinski definition) is 4. The summed E-state index contributed by atoms with van der Waals surface area (Å²) in [5, 5.41) is 0. The minimum Gasteiger partial charge on any atom is -0.496 e. The number of nitrogens with zero attached hydrogens (tertiary/aromatic N) is 1. The largest absolute Gasteiger partial charge is 0.496 e. The topological polar surface area (TPSA) is 63.7 Å². The smallest absolute Gasteiger partial charge is 0.243 e. The average Bonchev–Trinajstić information content (AvgIpc) is 2.47. The van der Waals surface area contributed by atoms with E-state index in [1.54, 1.807) is 6.07 Å². The molecule has 0 N–H and O–H groups in total. The highest BCUT2D eigenvalue weighted by molar-refractivity contribution is 9.10. The number of aldehydes is 1. The van der Waals surface area contributed by atoms with Crippen molar-refractivity contribution in [3.63, 3.8) is 0 Å². The van der Waals surface area contributed by atoms with E-state index in [9.17, 15) is 13.2 Å². The molecule has 0 amide bonds. The van der Waals surface area contributed by atoms with Gasteiger partial charge in [0, 0.05) is 6.54 Å². The maximum Gasteiger partial charge on any atom is 0.243 e. The molecule has 0 saturated carbocycles. The zero-order chi connectivity index (χ0) is 14.8. The predicted molar refractivity (Wildman–Crippen MR) is 78.3 cm³/mol. The Bertz CT molecular complexity index is 602. The van der Waals surface area contributed by atoms with Gasteiger partial charge in [-0.25, -0.2) is 8.42 Å². The van der Waals surface area contributed by atoms with Gasteiger partial charge in [-0.2, -0.15) is 4.31 Å². The molecule has 1 heterocycles. The highest BCUT2D eigenvalue weighted by atomic mass is 79.9. The molecule has 1 aromatic rings. The van der Waals surface area contributed by atoms with E-state index in [1.165, 1.54) is 23.5 Å². The molecule has 5 nitrogen and oxygen atoms in total. The molecule has 2 rings (SSSR count). The van der Waals surface area contributed by atoms with Gasteiger partial charge in [0.25, 0.3) is 0 Å². The van der Waals surface area contributed by atoms with Crippen molar-refractivity contribution < 1.29 is 17.9 Å². The lowest BCUT2D eigenvalue weighted by Gasteiger charge is -2.31. The van der Waals surface area contributed by atoms with E-state index in [0.29, 0.717) is 23.2 Å². The number of piperidine rings is 1. The van der Waals surface area contributed by atoms with Crippen LogP contribution in [-0.2, 0) is 14.8 Å². The first-order valence-corrected chi connectivity index (χ1v) is 8.54.